The highest BCUT2D eigenvalue weighted by molar-refractivity contribution is 6.02. The number of halogens is 2. The Morgan fingerprint density at radius 3 is 2.21 bits per heavy atom. The molecule has 0 saturated heterocycles. The Hall–Kier alpha value is -3.75. The Morgan fingerprint density at radius 1 is 1.04 bits per heavy atom. The minimum absolute atomic E-state index is 0.249. The molecule has 28 heavy (non-hydrogen) atoms. The number of benzene rings is 2. The summed E-state index contributed by atoms with van der Waals surface area (Å²) in [5.74, 6) is -3.31. The Morgan fingerprint density at radius 2 is 1.64 bits per heavy atom. The van der Waals surface area contributed by atoms with E-state index in [1.54, 1.807) is 24.3 Å². The van der Waals surface area contributed by atoms with Crippen molar-refractivity contribution < 1.29 is 27.9 Å². The van der Waals surface area contributed by atoms with Crippen LogP contribution in [-0.4, -0.2) is 24.3 Å². The Balaban J connectivity index is 2.03. The van der Waals surface area contributed by atoms with E-state index in [2.05, 4.69) is 10.6 Å². The summed E-state index contributed by atoms with van der Waals surface area (Å²) in [5.41, 5.74) is 5.08. The standard InChI is InChI=1S/C19H17F2N3O4/c1-11(25)23-16-9-17(15(21)8-14(16)20)24-19(27)7-4-12-2-5-13(6-3-12)28-10-18(22)26/h2-9H,10H2,1H3,(H2,22,26)(H,23,25)(H,24,27)/b7-4+. The van der Waals surface area contributed by atoms with Crippen LogP contribution in [0.5, 0.6) is 5.75 Å². The SMILES string of the molecule is CC(=O)Nc1cc(NC(=O)/C=C/c2ccc(OCC(N)=O)cc2)c(F)cc1F. The monoisotopic (exact) mass is 389 g/mol. The van der Waals surface area contributed by atoms with Crippen LogP contribution in [0.15, 0.2) is 42.5 Å². The second kappa shape index (κ2) is 9.26. The van der Waals surface area contributed by atoms with E-state index in [1.165, 1.54) is 13.0 Å². The highest BCUT2D eigenvalue weighted by Crippen LogP contribution is 2.23. The van der Waals surface area contributed by atoms with Crippen LogP contribution in [0.4, 0.5) is 20.2 Å². The number of rotatable bonds is 7. The van der Waals surface area contributed by atoms with Gasteiger partial charge in [-0.1, -0.05) is 12.1 Å². The molecule has 146 valence electrons. The van der Waals surface area contributed by atoms with Crippen LogP contribution < -0.4 is 21.1 Å². The van der Waals surface area contributed by atoms with Gasteiger partial charge in [0.25, 0.3) is 5.91 Å². The number of hydrogen-bond donors (Lipinski definition) is 3. The van der Waals surface area contributed by atoms with Gasteiger partial charge in [0, 0.05) is 19.1 Å². The van der Waals surface area contributed by atoms with Crippen molar-refractivity contribution in [3.63, 3.8) is 0 Å². The van der Waals surface area contributed by atoms with Crippen LogP contribution in [0.1, 0.15) is 12.5 Å². The third-order valence-electron chi connectivity index (χ3n) is 3.31. The van der Waals surface area contributed by atoms with Crippen LogP contribution >= 0.6 is 0 Å². The first kappa shape index (κ1) is 20.6. The summed E-state index contributed by atoms with van der Waals surface area (Å²) in [6.07, 6.45) is 2.61. The van der Waals surface area contributed by atoms with Gasteiger partial charge in [-0.25, -0.2) is 8.78 Å². The first-order valence-corrected chi connectivity index (χ1v) is 8.01. The van der Waals surface area contributed by atoms with Crippen molar-refractivity contribution >= 4 is 35.2 Å². The van der Waals surface area contributed by atoms with Crippen LogP contribution in [0, 0.1) is 11.6 Å². The van der Waals surface area contributed by atoms with Gasteiger partial charge in [0.05, 0.1) is 11.4 Å². The number of primary amides is 1. The van der Waals surface area contributed by atoms with Crippen LogP contribution in [-0.2, 0) is 14.4 Å². The van der Waals surface area contributed by atoms with Crippen LogP contribution in [0.2, 0.25) is 0 Å². The number of nitrogens with one attached hydrogen (secondary N) is 2. The molecule has 0 atom stereocenters. The zero-order valence-corrected chi connectivity index (χ0v) is 14.8. The van der Waals surface area contributed by atoms with Crippen molar-refractivity contribution in [3.05, 3.63) is 59.7 Å². The first-order chi connectivity index (χ1) is 13.2. The largest absolute Gasteiger partial charge is 0.484 e. The molecule has 2 rings (SSSR count). The molecular weight excluding hydrogens is 372 g/mol. The lowest BCUT2D eigenvalue weighted by Crippen LogP contribution is -2.19. The molecule has 0 aliphatic rings. The molecule has 4 N–H and O–H groups in total. The second-order valence-electron chi connectivity index (χ2n) is 5.64. The second-order valence-corrected chi connectivity index (χ2v) is 5.64. The van der Waals surface area contributed by atoms with Gasteiger partial charge in [-0.2, -0.15) is 0 Å². The average molecular weight is 389 g/mol. The highest BCUT2D eigenvalue weighted by atomic mass is 19.1. The minimum atomic E-state index is -0.982. The Labute approximate surface area is 159 Å². The highest BCUT2D eigenvalue weighted by Gasteiger charge is 2.12. The average Bonchev–Trinajstić information content (AvgIpc) is 2.62. The zero-order valence-electron chi connectivity index (χ0n) is 14.8. The van der Waals surface area contributed by atoms with E-state index < -0.39 is 29.4 Å². The topological polar surface area (TPSA) is 111 Å². The normalized spacial score (nSPS) is 10.5. The summed E-state index contributed by atoms with van der Waals surface area (Å²) in [7, 11) is 0. The zero-order chi connectivity index (χ0) is 20.7. The minimum Gasteiger partial charge on any atom is -0.484 e. The van der Waals surface area contributed by atoms with Gasteiger partial charge in [0.2, 0.25) is 11.8 Å². The van der Waals surface area contributed by atoms with E-state index in [4.69, 9.17) is 10.5 Å². The molecule has 0 radical (unpaired) electrons. The lowest BCUT2D eigenvalue weighted by atomic mass is 10.2. The molecule has 9 heteroatoms. The molecule has 0 unspecified atom stereocenters. The van der Waals surface area contributed by atoms with Crippen molar-refractivity contribution in [2.45, 2.75) is 6.92 Å². The van der Waals surface area contributed by atoms with Gasteiger partial charge < -0.3 is 21.1 Å². The summed E-state index contributed by atoms with van der Waals surface area (Å²) in [4.78, 5) is 33.7. The van der Waals surface area contributed by atoms with E-state index in [1.807, 2.05) is 0 Å². The third kappa shape index (κ3) is 6.20. The molecule has 0 aliphatic carbocycles. The number of amides is 3. The molecule has 0 aliphatic heterocycles. The van der Waals surface area contributed by atoms with Crippen molar-refractivity contribution in [1.29, 1.82) is 0 Å². The quantitative estimate of drug-likeness (QED) is 0.632. The summed E-state index contributed by atoms with van der Waals surface area (Å²) < 4.78 is 32.5. The molecule has 0 heterocycles. The maximum absolute atomic E-state index is 13.8. The van der Waals surface area contributed by atoms with E-state index in [0.717, 1.165) is 12.1 Å². The maximum atomic E-state index is 13.8. The predicted octanol–water partition coefficient (Wildman–Crippen LogP) is 2.44. The van der Waals surface area contributed by atoms with Gasteiger partial charge in [-0.3, -0.25) is 14.4 Å². The fourth-order valence-corrected chi connectivity index (χ4v) is 2.11. The summed E-state index contributed by atoms with van der Waals surface area (Å²) >= 11 is 0. The fourth-order valence-electron chi connectivity index (χ4n) is 2.11. The van der Waals surface area contributed by atoms with E-state index in [0.29, 0.717) is 17.4 Å². The Kier molecular flexibility index (Phi) is 6.80. The number of carbonyl (C=O) groups excluding carboxylic acids is 3. The van der Waals surface area contributed by atoms with Gasteiger partial charge in [-0.15, -0.1) is 0 Å². The van der Waals surface area contributed by atoms with E-state index in [-0.39, 0.29) is 18.0 Å². The predicted molar refractivity (Wildman–Crippen MR) is 99.5 cm³/mol. The van der Waals surface area contributed by atoms with Crippen molar-refractivity contribution in [2.24, 2.45) is 5.73 Å². The van der Waals surface area contributed by atoms with Gasteiger partial charge in [-0.05, 0) is 29.8 Å². The van der Waals surface area contributed by atoms with Gasteiger partial charge in [0.1, 0.15) is 17.4 Å². The lowest BCUT2D eigenvalue weighted by Gasteiger charge is -2.09. The summed E-state index contributed by atoms with van der Waals surface area (Å²) in [5, 5.41) is 4.47. The molecule has 3 amide bonds. The summed E-state index contributed by atoms with van der Waals surface area (Å²) in [6, 6.07) is 7.98. The number of anilines is 2. The van der Waals surface area contributed by atoms with Crippen molar-refractivity contribution in [1.82, 2.24) is 0 Å². The van der Waals surface area contributed by atoms with Crippen LogP contribution in [0.3, 0.4) is 0 Å². The van der Waals surface area contributed by atoms with Crippen LogP contribution in [0.25, 0.3) is 6.08 Å². The van der Waals surface area contributed by atoms with E-state index >= 15 is 0 Å². The smallest absolute Gasteiger partial charge is 0.255 e. The Bertz CT molecular complexity index is 928. The maximum Gasteiger partial charge on any atom is 0.255 e. The van der Waals surface area contributed by atoms with Gasteiger partial charge >= 0.3 is 0 Å². The molecule has 0 fully saturated rings. The molecule has 0 bridgehead atoms. The summed E-state index contributed by atoms with van der Waals surface area (Å²) in [6.45, 7) is 0.926. The first-order valence-electron chi connectivity index (χ1n) is 8.01. The molecule has 2 aromatic rings. The molecule has 2 aromatic carbocycles. The fraction of sp³-hybridized carbons (Fsp3) is 0.105. The number of ether oxygens (including phenoxy) is 1. The molecule has 0 aromatic heterocycles. The number of carbonyl (C=O) groups is 3. The van der Waals surface area contributed by atoms with E-state index in [9.17, 15) is 23.2 Å². The van der Waals surface area contributed by atoms with Crippen molar-refractivity contribution in [3.8, 4) is 5.75 Å². The molecule has 7 nitrogen and oxygen atoms in total. The van der Waals surface area contributed by atoms with Crippen molar-refractivity contribution in [2.75, 3.05) is 17.2 Å². The number of nitrogens with two attached hydrogens (primary N) is 1. The third-order valence-corrected chi connectivity index (χ3v) is 3.31. The lowest BCUT2D eigenvalue weighted by molar-refractivity contribution is -0.120. The van der Waals surface area contributed by atoms with Gasteiger partial charge in [0.15, 0.2) is 6.61 Å². The number of hydrogen-bond acceptors (Lipinski definition) is 4. The molecular formula is C19H17F2N3O4. The molecule has 0 saturated carbocycles. The molecule has 0 spiro atoms.